The summed E-state index contributed by atoms with van der Waals surface area (Å²) in [6, 6.07) is 7.20. The van der Waals surface area contributed by atoms with Gasteiger partial charge in [-0.3, -0.25) is 10.1 Å². The SMILES string of the molecule is CCCNc1ncc([N+](=O)[O-])c(-c2ccc(Br)cc2)n1. The summed E-state index contributed by atoms with van der Waals surface area (Å²) in [7, 11) is 0. The average Bonchev–Trinajstić information content (AvgIpc) is 2.45. The molecule has 1 N–H and O–H groups in total. The molecule has 0 bridgehead atoms. The maximum atomic E-state index is 11.1. The maximum Gasteiger partial charge on any atom is 0.313 e. The van der Waals surface area contributed by atoms with Gasteiger partial charge in [0, 0.05) is 16.6 Å². The number of nitrogens with one attached hydrogen (secondary N) is 1. The van der Waals surface area contributed by atoms with Crippen molar-refractivity contribution in [1.82, 2.24) is 9.97 Å². The van der Waals surface area contributed by atoms with Crippen LogP contribution in [0.15, 0.2) is 34.9 Å². The van der Waals surface area contributed by atoms with Crippen molar-refractivity contribution in [2.45, 2.75) is 13.3 Å². The van der Waals surface area contributed by atoms with Gasteiger partial charge in [-0.2, -0.15) is 0 Å². The van der Waals surface area contributed by atoms with E-state index >= 15 is 0 Å². The molecule has 0 saturated heterocycles. The van der Waals surface area contributed by atoms with E-state index in [4.69, 9.17) is 0 Å². The summed E-state index contributed by atoms with van der Waals surface area (Å²) in [5.41, 5.74) is 0.896. The summed E-state index contributed by atoms with van der Waals surface area (Å²) in [6.45, 7) is 2.74. The Morgan fingerprint density at radius 2 is 2.05 bits per heavy atom. The van der Waals surface area contributed by atoms with Gasteiger partial charge in [-0.15, -0.1) is 0 Å². The lowest BCUT2D eigenvalue weighted by Crippen LogP contribution is -2.06. The van der Waals surface area contributed by atoms with Crippen LogP contribution < -0.4 is 5.32 Å². The van der Waals surface area contributed by atoms with Crippen molar-refractivity contribution in [1.29, 1.82) is 0 Å². The van der Waals surface area contributed by atoms with Crippen LogP contribution in [0.2, 0.25) is 0 Å². The molecule has 0 aliphatic rings. The Hall–Kier alpha value is -2.02. The van der Waals surface area contributed by atoms with E-state index in [1.165, 1.54) is 6.20 Å². The van der Waals surface area contributed by atoms with Gasteiger partial charge in [-0.1, -0.05) is 35.0 Å². The molecule has 1 aromatic heterocycles. The van der Waals surface area contributed by atoms with E-state index in [0.717, 1.165) is 17.4 Å². The highest BCUT2D eigenvalue weighted by Crippen LogP contribution is 2.28. The van der Waals surface area contributed by atoms with E-state index in [2.05, 4.69) is 31.2 Å². The number of hydrogen-bond donors (Lipinski definition) is 1. The standard InChI is InChI=1S/C13H13BrN4O2/c1-2-7-15-13-16-8-11(18(19)20)12(17-13)9-3-5-10(14)6-4-9/h3-6,8H,2,7H2,1H3,(H,15,16,17). The highest BCUT2D eigenvalue weighted by molar-refractivity contribution is 9.10. The van der Waals surface area contributed by atoms with Crippen LogP contribution in [0.5, 0.6) is 0 Å². The van der Waals surface area contributed by atoms with Crippen molar-refractivity contribution >= 4 is 27.6 Å². The van der Waals surface area contributed by atoms with E-state index in [0.29, 0.717) is 17.2 Å². The predicted molar refractivity (Wildman–Crippen MR) is 80.6 cm³/mol. The first-order chi connectivity index (χ1) is 9.61. The number of rotatable bonds is 5. The van der Waals surface area contributed by atoms with Crippen LogP contribution >= 0.6 is 15.9 Å². The second-order valence-corrected chi connectivity index (χ2v) is 5.03. The van der Waals surface area contributed by atoms with Crippen molar-refractivity contribution in [3.8, 4) is 11.3 Å². The fourth-order valence-electron chi connectivity index (χ4n) is 1.65. The second-order valence-electron chi connectivity index (χ2n) is 4.12. The molecule has 0 atom stereocenters. The Kier molecular flexibility index (Phi) is 4.62. The van der Waals surface area contributed by atoms with Crippen LogP contribution in [0.1, 0.15) is 13.3 Å². The van der Waals surface area contributed by atoms with E-state index in [-0.39, 0.29) is 5.69 Å². The molecule has 104 valence electrons. The van der Waals surface area contributed by atoms with Crippen LogP contribution in [0.4, 0.5) is 11.6 Å². The number of anilines is 1. The van der Waals surface area contributed by atoms with Crippen molar-refractivity contribution in [2.24, 2.45) is 0 Å². The Balaban J connectivity index is 2.46. The van der Waals surface area contributed by atoms with Crippen molar-refractivity contribution in [3.05, 3.63) is 45.0 Å². The normalized spacial score (nSPS) is 10.3. The summed E-state index contributed by atoms with van der Waals surface area (Å²) in [4.78, 5) is 18.8. The van der Waals surface area contributed by atoms with Crippen LogP contribution in [0.25, 0.3) is 11.3 Å². The zero-order valence-electron chi connectivity index (χ0n) is 10.8. The number of benzene rings is 1. The molecular weight excluding hydrogens is 324 g/mol. The van der Waals surface area contributed by atoms with Gasteiger partial charge < -0.3 is 5.32 Å². The molecule has 0 aliphatic heterocycles. The molecule has 7 heteroatoms. The molecule has 0 fully saturated rings. The van der Waals surface area contributed by atoms with Crippen LogP contribution in [-0.4, -0.2) is 21.4 Å². The Bertz CT molecular complexity index is 616. The molecule has 0 aliphatic carbocycles. The van der Waals surface area contributed by atoms with Gasteiger partial charge in [0.15, 0.2) is 5.69 Å². The minimum atomic E-state index is -0.471. The van der Waals surface area contributed by atoms with Crippen molar-refractivity contribution in [3.63, 3.8) is 0 Å². The first-order valence-electron chi connectivity index (χ1n) is 6.13. The van der Waals surface area contributed by atoms with Gasteiger partial charge in [0.1, 0.15) is 6.20 Å². The van der Waals surface area contributed by atoms with Crippen molar-refractivity contribution < 1.29 is 4.92 Å². The molecule has 1 aromatic carbocycles. The van der Waals surface area contributed by atoms with E-state index in [1.807, 2.05) is 19.1 Å². The Labute approximate surface area is 124 Å². The highest BCUT2D eigenvalue weighted by Gasteiger charge is 2.18. The summed E-state index contributed by atoms with van der Waals surface area (Å²) < 4.78 is 0.905. The molecule has 6 nitrogen and oxygen atoms in total. The molecule has 0 unspecified atom stereocenters. The van der Waals surface area contributed by atoms with E-state index in [1.54, 1.807) is 12.1 Å². The van der Waals surface area contributed by atoms with Gasteiger partial charge >= 0.3 is 5.69 Å². The lowest BCUT2D eigenvalue weighted by atomic mass is 10.1. The maximum absolute atomic E-state index is 11.1. The molecular formula is C13H13BrN4O2. The number of aromatic nitrogens is 2. The summed E-state index contributed by atoms with van der Waals surface area (Å²) in [6.07, 6.45) is 2.16. The summed E-state index contributed by atoms with van der Waals surface area (Å²) >= 11 is 3.34. The third-order valence-electron chi connectivity index (χ3n) is 2.62. The molecule has 0 saturated carbocycles. The monoisotopic (exact) mass is 336 g/mol. The largest absolute Gasteiger partial charge is 0.354 e. The fourth-order valence-corrected chi connectivity index (χ4v) is 1.92. The fraction of sp³-hybridized carbons (Fsp3) is 0.231. The van der Waals surface area contributed by atoms with E-state index in [9.17, 15) is 10.1 Å². The lowest BCUT2D eigenvalue weighted by molar-refractivity contribution is -0.384. The van der Waals surface area contributed by atoms with Gasteiger partial charge in [-0.05, 0) is 18.6 Å². The van der Waals surface area contributed by atoms with Gasteiger partial charge in [-0.25, -0.2) is 9.97 Å². The number of hydrogen-bond acceptors (Lipinski definition) is 5. The minimum absolute atomic E-state index is 0.102. The van der Waals surface area contributed by atoms with Crippen LogP contribution in [0.3, 0.4) is 0 Å². The first-order valence-corrected chi connectivity index (χ1v) is 6.92. The van der Waals surface area contributed by atoms with Crippen LogP contribution in [-0.2, 0) is 0 Å². The third kappa shape index (κ3) is 3.30. The smallest absolute Gasteiger partial charge is 0.313 e. The van der Waals surface area contributed by atoms with Gasteiger partial charge in [0.05, 0.1) is 4.92 Å². The molecule has 0 amide bonds. The lowest BCUT2D eigenvalue weighted by Gasteiger charge is -2.06. The summed E-state index contributed by atoms with van der Waals surface area (Å²) in [5.74, 6) is 0.398. The summed E-state index contributed by atoms with van der Waals surface area (Å²) in [5, 5.41) is 14.1. The Morgan fingerprint density at radius 3 is 2.65 bits per heavy atom. The van der Waals surface area contributed by atoms with Crippen molar-refractivity contribution in [2.75, 3.05) is 11.9 Å². The zero-order valence-corrected chi connectivity index (χ0v) is 12.4. The number of nitro groups is 1. The number of halogens is 1. The first kappa shape index (κ1) is 14.4. The molecule has 0 spiro atoms. The predicted octanol–water partition coefficient (Wildman–Crippen LogP) is 3.64. The average molecular weight is 337 g/mol. The van der Waals surface area contributed by atoms with E-state index < -0.39 is 4.92 Å². The molecule has 1 heterocycles. The molecule has 20 heavy (non-hydrogen) atoms. The number of nitrogens with zero attached hydrogens (tertiary/aromatic N) is 3. The second kappa shape index (κ2) is 6.42. The molecule has 0 radical (unpaired) electrons. The molecule has 2 aromatic rings. The third-order valence-corrected chi connectivity index (χ3v) is 3.15. The van der Waals surface area contributed by atoms with Gasteiger partial charge in [0.25, 0.3) is 0 Å². The molecule has 2 rings (SSSR count). The highest BCUT2D eigenvalue weighted by atomic mass is 79.9. The zero-order chi connectivity index (χ0) is 14.5. The van der Waals surface area contributed by atoms with Gasteiger partial charge in [0.2, 0.25) is 5.95 Å². The Morgan fingerprint density at radius 1 is 1.35 bits per heavy atom. The topological polar surface area (TPSA) is 81.0 Å². The quantitative estimate of drug-likeness (QED) is 0.665. The van der Waals surface area contributed by atoms with Crippen LogP contribution in [0, 0.1) is 10.1 Å². The minimum Gasteiger partial charge on any atom is -0.354 e.